The topological polar surface area (TPSA) is 12.5 Å². The molecule has 0 aliphatic rings. The maximum Gasteiger partial charge on any atom is 0.108 e. The van der Waals surface area contributed by atoms with Gasteiger partial charge in [-0.1, -0.05) is 84.9 Å². The maximum absolute atomic E-state index is 6.35. The smallest absolute Gasteiger partial charge is 0.108 e. The quantitative estimate of drug-likeness (QED) is 0.551. The summed E-state index contributed by atoms with van der Waals surface area (Å²) in [5, 5.41) is 0. The van der Waals surface area contributed by atoms with E-state index in [9.17, 15) is 0 Å². The van der Waals surface area contributed by atoms with Crippen LogP contribution in [0.25, 0.3) is 11.1 Å². The third-order valence-electron chi connectivity index (χ3n) is 4.25. The van der Waals surface area contributed by atoms with Crippen LogP contribution in [0.5, 0.6) is 0 Å². The molecule has 0 fully saturated rings. The van der Waals surface area contributed by atoms with Gasteiger partial charge in [0.2, 0.25) is 0 Å². The summed E-state index contributed by atoms with van der Waals surface area (Å²) in [4.78, 5) is 2.14. The molecule has 0 amide bonds. The van der Waals surface area contributed by atoms with Crippen molar-refractivity contribution in [3.8, 4) is 11.1 Å². The van der Waals surface area contributed by atoms with Gasteiger partial charge in [0.05, 0.1) is 6.61 Å². The zero-order valence-corrected chi connectivity index (χ0v) is 16.2. The molecule has 136 valence electrons. The van der Waals surface area contributed by atoms with Gasteiger partial charge in [0, 0.05) is 6.54 Å². The summed E-state index contributed by atoms with van der Waals surface area (Å²) < 4.78 is 6.35. The van der Waals surface area contributed by atoms with Crippen LogP contribution in [-0.2, 0) is 4.74 Å². The summed E-state index contributed by atoms with van der Waals surface area (Å²) >= 11 is 0. The van der Waals surface area contributed by atoms with Crippen molar-refractivity contribution < 1.29 is 4.74 Å². The van der Waals surface area contributed by atoms with Crippen molar-refractivity contribution in [1.29, 1.82) is 0 Å². The highest BCUT2D eigenvalue weighted by atomic mass is 35.5. The molecule has 0 aliphatic carbocycles. The summed E-state index contributed by atoms with van der Waals surface area (Å²) in [6, 6.07) is 29.5. The molecule has 0 spiro atoms. The van der Waals surface area contributed by atoms with Crippen LogP contribution in [0.3, 0.4) is 0 Å². The Labute approximate surface area is 162 Å². The number of benzene rings is 3. The van der Waals surface area contributed by atoms with Crippen LogP contribution in [0.1, 0.15) is 17.2 Å². The Morgan fingerprint density at radius 1 is 0.769 bits per heavy atom. The maximum atomic E-state index is 6.35. The summed E-state index contributed by atoms with van der Waals surface area (Å²) in [6.45, 7) is 1.59. The first-order valence-corrected chi connectivity index (χ1v) is 8.71. The molecule has 3 heteroatoms. The van der Waals surface area contributed by atoms with E-state index in [4.69, 9.17) is 4.74 Å². The largest absolute Gasteiger partial charge is 0.367 e. The SMILES string of the molecule is CN(C)CCOC(c1ccccc1)c1ccccc1-c1ccccc1.Cl. The number of halogens is 1. The second kappa shape index (κ2) is 10.1. The summed E-state index contributed by atoms with van der Waals surface area (Å²) in [5.41, 5.74) is 4.83. The van der Waals surface area contributed by atoms with Crippen LogP contribution in [0, 0.1) is 0 Å². The Bertz CT molecular complexity index is 774. The van der Waals surface area contributed by atoms with Gasteiger partial charge in [-0.15, -0.1) is 12.4 Å². The molecule has 1 atom stereocenters. The van der Waals surface area contributed by atoms with E-state index in [0.717, 1.165) is 6.54 Å². The van der Waals surface area contributed by atoms with Crippen molar-refractivity contribution in [3.63, 3.8) is 0 Å². The molecule has 3 aromatic carbocycles. The molecule has 0 radical (unpaired) electrons. The number of likely N-dealkylation sites (N-methyl/N-ethyl adjacent to an activating group) is 1. The predicted octanol–water partition coefficient (Wildman–Crippen LogP) is 5.44. The molecule has 0 bridgehead atoms. The average molecular weight is 368 g/mol. The third-order valence-corrected chi connectivity index (χ3v) is 4.25. The van der Waals surface area contributed by atoms with Crippen molar-refractivity contribution in [2.45, 2.75) is 6.10 Å². The lowest BCUT2D eigenvalue weighted by atomic mass is 9.92. The van der Waals surface area contributed by atoms with Gasteiger partial charge in [-0.2, -0.15) is 0 Å². The van der Waals surface area contributed by atoms with E-state index >= 15 is 0 Å². The van der Waals surface area contributed by atoms with Crippen LogP contribution >= 0.6 is 12.4 Å². The minimum Gasteiger partial charge on any atom is -0.367 e. The summed E-state index contributed by atoms with van der Waals surface area (Å²) in [7, 11) is 4.14. The van der Waals surface area contributed by atoms with E-state index in [2.05, 4.69) is 91.8 Å². The van der Waals surface area contributed by atoms with Crippen LogP contribution in [0.4, 0.5) is 0 Å². The third kappa shape index (κ3) is 5.18. The fourth-order valence-electron chi connectivity index (χ4n) is 2.95. The van der Waals surface area contributed by atoms with Gasteiger partial charge in [-0.25, -0.2) is 0 Å². The van der Waals surface area contributed by atoms with Crippen LogP contribution in [0.2, 0.25) is 0 Å². The molecule has 0 heterocycles. The van der Waals surface area contributed by atoms with E-state index in [0.29, 0.717) is 6.61 Å². The molecule has 0 saturated carbocycles. The van der Waals surface area contributed by atoms with E-state index < -0.39 is 0 Å². The van der Waals surface area contributed by atoms with E-state index in [1.54, 1.807) is 0 Å². The van der Waals surface area contributed by atoms with Crippen molar-refractivity contribution in [3.05, 3.63) is 96.1 Å². The Morgan fingerprint density at radius 3 is 2.00 bits per heavy atom. The number of rotatable bonds is 7. The van der Waals surface area contributed by atoms with Crippen LogP contribution in [-0.4, -0.2) is 32.1 Å². The zero-order chi connectivity index (χ0) is 17.5. The van der Waals surface area contributed by atoms with E-state index in [1.165, 1.54) is 22.3 Å². The number of hydrogen-bond acceptors (Lipinski definition) is 2. The van der Waals surface area contributed by atoms with Gasteiger partial charge < -0.3 is 9.64 Å². The minimum absolute atomic E-state index is 0. The first-order chi connectivity index (χ1) is 12.3. The van der Waals surface area contributed by atoms with Crippen molar-refractivity contribution in [2.75, 3.05) is 27.2 Å². The van der Waals surface area contributed by atoms with Crippen LogP contribution < -0.4 is 0 Å². The highest BCUT2D eigenvalue weighted by Gasteiger charge is 2.18. The Morgan fingerprint density at radius 2 is 1.35 bits per heavy atom. The summed E-state index contributed by atoms with van der Waals surface area (Å²) in [6.07, 6.45) is -0.0717. The van der Waals surface area contributed by atoms with Gasteiger partial charge >= 0.3 is 0 Å². The Hall–Kier alpha value is -2.13. The normalized spacial score (nSPS) is 11.8. The van der Waals surface area contributed by atoms with Gasteiger partial charge in [-0.05, 0) is 36.3 Å². The minimum atomic E-state index is -0.0717. The first-order valence-electron chi connectivity index (χ1n) is 8.71. The lowest BCUT2D eigenvalue weighted by molar-refractivity contribution is 0.0690. The molecule has 3 aromatic rings. The highest BCUT2D eigenvalue weighted by molar-refractivity contribution is 5.85. The van der Waals surface area contributed by atoms with E-state index in [-0.39, 0.29) is 18.5 Å². The monoisotopic (exact) mass is 367 g/mol. The Kier molecular flexibility index (Phi) is 7.86. The number of nitrogens with zero attached hydrogens (tertiary/aromatic N) is 1. The van der Waals surface area contributed by atoms with Crippen molar-refractivity contribution in [1.82, 2.24) is 4.90 Å². The molecule has 2 nitrogen and oxygen atoms in total. The standard InChI is InChI=1S/C23H25NO.ClH/c1-24(2)17-18-25-23(20-13-7-4-8-14-20)22-16-10-9-15-21(22)19-11-5-3-6-12-19;/h3-16,23H,17-18H2,1-2H3;1H. The zero-order valence-electron chi connectivity index (χ0n) is 15.3. The Balaban J connectivity index is 0.00000243. The van der Waals surface area contributed by atoms with Gasteiger partial charge in [0.1, 0.15) is 6.10 Å². The molecule has 0 aliphatic heterocycles. The molecule has 0 aromatic heterocycles. The molecule has 3 rings (SSSR count). The molecule has 26 heavy (non-hydrogen) atoms. The fourth-order valence-corrected chi connectivity index (χ4v) is 2.95. The molecule has 1 unspecified atom stereocenters. The fraction of sp³-hybridized carbons (Fsp3) is 0.217. The van der Waals surface area contributed by atoms with E-state index in [1.807, 2.05) is 12.1 Å². The van der Waals surface area contributed by atoms with Crippen LogP contribution in [0.15, 0.2) is 84.9 Å². The van der Waals surface area contributed by atoms with Crippen molar-refractivity contribution >= 4 is 12.4 Å². The molecular weight excluding hydrogens is 342 g/mol. The second-order valence-corrected chi connectivity index (χ2v) is 6.42. The van der Waals surface area contributed by atoms with Gasteiger partial charge in [0.25, 0.3) is 0 Å². The second-order valence-electron chi connectivity index (χ2n) is 6.42. The van der Waals surface area contributed by atoms with Gasteiger partial charge in [-0.3, -0.25) is 0 Å². The number of hydrogen-bond donors (Lipinski definition) is 0. The highest BCUT2D eigenvalue weighted by Crippen LogP contribution is 2.34. The van der Waals surface area contributed by atoms with Crippen molar-refractivity contribution in [2.24, 2.45) is 0 Å². The lowest BCUT2D eigenvalue weighted by Crippen LogP contribution is -2.20. The molecule has 0 saturated heterocycles. The molecule has 0 N–H and O–H groups in total. The average Bonchev–Trinajstić information content (AvgIpc) is 2.66. The first kappa shape index (κ1) is 20.2. The predicted molar refractivity (Wildman–Crippen MR) is 112 cm³/mol. The van der Waals surface area contributed by atoms with Gasteiger partial charge in [0.15, 0.2) is 0 Å². The lowest BCUT2D eigenvalue weighted by Gasteiger charge is -2.23. The summed E-state index contributed by atoms with van der Waals surface area (Å²) in [5.74, 6) is 0. The number of ether oxygens (including phenoxy) is 1. The molecular formula is C23H26ClNO.